The summed E-state index contributed by atoms with van der Waals surface area (Å²) in [4.78, 5) is 55.2. The molecule has 0 radical (unpaired) electrons. The second-order valence-electron chi connectivity index (χ2n) is 11.2. The number of anilines is 2. The first-order chi connectivity index (χ1) is 21.3. The van der Waals surface area contributed by atoms with Crippen LogP contribution in [-0.2, 0) is 9.59 Å². The average Bonchev–Trinajstić information content (AvgIpc) is 3.05. The molecule has 2 aromatic rings. The number of likely N-dealkylation sites (N-methyl/N-ethyl adjacent to an activating group) is 2. The highest BCUT2D eigenvalue weighted by Gasteiger charge is 2.30. The fourth-order valence-electron chi connectivity index (χ4n) is 5.46. The minimum atomic E-state index is -0.165. The molecule has 0 atom stereocenters. The van der Waals surface area contributed by atoms with E-state index in [0.717, 1.165) is 39.3 Å². The van der Waals surface area contributed by atoms with E-state index in [1.807, 2.05) is 0 Å². The lowest BCUT2D eigenvalue weighted by atomic mass is 9.81. The Morgan fingerprint density at radius 1 is 0.568 bits per heavy atom. The summed E-state index contributed by atoms with van der Waals surface area (Å²) in [6.45, 7) is 15.0. The molecule has 1 fully saturated rings. The van der Waals surface area contributed by atoms with E-state index >= 15 is 0 Å². The number of rotatable bonds is 16. The van der Waals surface area contributed by atoms with Crippen molar-refractivity contribution in [3.05, 3.63) is 59.7 Å². The van der Waals surface area contributed by atoms with Gasteiger partial charge in [-0.15, -0.1) is 0 Å². The SMILES string of the molecule is CCN(CC)CCNC(=O)c1ccc(NC(=O)C2CCC(C(=O)Nc3ccc(C(=O)NCCN(CC)CC)cc3)CC2)cc1. The molecule has 10 nitrogen and oxygen atoms in total. The number of amides is 4. The molecule has 0 bridgehead atoms. The Bertz CT molecular complexity index is 1110. The molecule has 2 aromatic carbocycles. The van der Waals surface area contributed by atoms with Gasteiger partial charge in [0.2, 0.25) is 11.8 Å². The molecule has 3 rings (SSSR count). The van der Waals surface area contributed by atoms with E-state index in [0.29, 0.717) is 61.3 Å². The minimum Gasteiger partial charge on any atom is -0.351 e. The number of nitrogens with zero attached hydrogens (tertiary/aromatic N) is 2. The predicted octanol–water partition coefficient (Wildman–Crippen LogP) is 4.21. The van der Waals surface area contributed by atoms with Crippen LogP contribution in [0.2, 0.25) is 0 Å². The zero-order valence-corrected chi connectivity index (χ0v) is 26.8. The van der Waals surface area contributed by atoms with Crippen molar-refractivity contribution in [3.63, 3.8) is 0 Å². The van der Waals surface area contributed by atoms with Crippen molar-refractivity contribution in [2.45, 2.75) is 53.4 Å². The van der Waals surface area contributed by atoms with Crippen LogP contribution in [0.15, 0.2) is 48.5 Å². The molecule has 0 unspecified atom stereocenters. The maximum atomic E-state index is 12.9. The quantitative estimate of drug-likeness (QED) is 0.227. The van der Waals surface area contributed by atoms with Gasteiger partial charge in [0.15, 0.2) is 0 Å². The van der Waals surface area contributed by atoms with Crippen molar-refractivity contribution in [2.24, 2.45) is 11.8 Å². The lowest BCUT2D eigenvalue weighted by Gasteiger charge is -2.27. The van der Waals surface area contributed by atoms with Crippen LogP contribution in [0.4, 0.5) is 11.4 Å². The molecule has 0 aromatic heterocycles. The van der Waals surface area contributed by atoms with Gasteiger partial charge in [-0.2, -0.15) is 0 Å². The van der Waals surface area contributed by atoms with Crippen LogP contribution in [-0.4, -0.2) is 85.8 Å². The first-order valence-corrected chi connectivity index (χ1v) is 16.1. The monoisotopic (exact) mass is 606 g/mol. The molecule has 1 aliphatic carbocycles. The number of carbonyl (C=O) groups excluding carboxylic acids is 4. The van der Waals surface area contributed by atoms with E-state index in [9.17, 15) is 19.2 Å². The van der Waals surface area contributed by atoms with Gasteiger partial charge in [0.25, 0.3) is 11.8 Å². The van der Waals surface area contributed by atoms with Gasteiger partial charge in [0.1, 0.15) is 0 Å². The topological polar surface area (TPSA) is 123 Å². The number of nitrogens with one attached hydrogen (secondary N) is 4. The molecule has 0 heterocycles. The van der Waals surface area contributed by atoms with E-state index in [-0.39, 0.29) is 35.5 Å². The summed E-state index contributed by atoms with van der Waals surface area (Å²) < 4.78 is 0. The number of hydrogen-bond acceptors (Lipinski definition) is 6. The minimum absolute atomic E-state index is 0.0637. The lowest BCUT2D eigenvalue weighted by molar-refractivity contribution is -0.125. The van der Waals surface area contributed by atoms with Crippen molar-refractivity contribution in [3.8, 4) is 0 Å². The van der Waals surface area contributed by atoms with E-state index in [1.165, 1.54) is 0 Å². The average molecular weight is 607 g/mol. The first kappa shape index (κ1) is 34.7. The van der Waals surface area contributed by atoms with E-state index < -0.39 is 0 Å². The van der Waals surface area contributed by atoms with Crippen molar-refractivity contribution >= 4 is 35.0 Å². The second-order valence-corrected chi connectivity index (χ2v) is 11.2. The van der Waals surface area contributed by atoms with Gasteiger partial charge < -0.3 is 31.1 Å². The Morgan fingerprint density at radius 2 is 0.886 bits per heavy atom. The zero-order chi connectivity index (χ0) is 31.9. The van der Waals surface area contributed by atoms with Gasteiger partial charge in [-0.05, 0) is 100 Å². The van der Waals surface area contributed by atoms with Crippen LogP contribution >= 0.6 is 0 Å². The summed E-state index contributed by atoms with van der Waals surface area (Å²) in [5.41, 5.74) is 2.40. The van der Waals surface area contributed by atoms with Gasteiger partial charge in [-0.3, -0.25) is 19.2 Å². The highest BCUT2D eigenvalue weighted by molar-refractivity contribution is 5.97. The Kier molecular flexibility index (Phi) is 14.3. The lowest BCUT2D eigenvalue weighted by Crippen LogP contribution is -2.34. The van der Waals surface area contributed by atoms with Crippen LogP contribution in [0, 0.1) is 11.8 Å². The maximum absolute atomic E-state index is 12.9. The molecule has 240 valence electrons. The van der Waals surface area contributed by atoms with Crippen molar-refractivity contribution in [1.29, 1.82) is 0 Å². The molecule has 10 heteroatoms. The predicted molar refractivity (Wildman–Crippen MR) is 176 cm³/mol. The third-order valence-corrected chi connectivity index (χ3v) is 8.51. The first-order valence-electron chi connectivity index (χ1n) is 16.1. The third kappa shape index (κ3) is 10.7. The van der Waals surface area contributed by atoms with Crippen LogP contribution in [0.5, 0.6) is 0 Å². The van der Waals surface area contributed by atoms with Crippen LogP contribution in [0.25, 0.3) is 0 Å². The Morgan fingerprint density at radius 3 is 1.18 bits per heavy atom. The summed E-state index contributed by atoms with van der Waals surface area (Å²) in [6.07, 6.45) is 2.51. The Hall–Kier alpha value is -3.76. The Balaban J connectivity index is 1.39. The largest absolute Gasteiger partial charge is 0.351 e. The van der Waals surface area contributed by atoms with E-state index in [4.69, 9.17) is 0 Å². The van der Waals surface area contributed by atoms with Gasteiger partial charge >= 0.3 is 0 Å². The summed E-state index contributed by atoms with van der Waals surface area (Å²) in [5.74, 6) is -0.718. The van der Waals surface area contributed by atoms with Gasteiger partial charge in [0.05, 0.1) is 0 Å². The summed E-state index contributed by atoms with van der Waals surface area (Å²) >= 11 is 0. The van der Waals surface area contributed by atoms with Crippen molar-refractivity contribution in [1.82, 2.24) is 20.4 Å². The van der Waals surface area contributed by atoms with Crippen LogP contribution in [0.3, 0.4) is 0 Å². The smallest absolute Gasteiger partial charge is 0.251 e. The van der Waals surface area contributed by atoms with E-state index in [1.54, 1.807) is 48.5 Å². The number of benzene rings is 2. The molecule has 4 amide bonds. The molecular weight excluding hydrogens is 556 g/mol. The number of hydrogen-bond donors (Lipinski definition) is 4. The van der Waals surface area contributed by atoms with Crippen LogP contribution < -0.4 is 21.3 Å². The zero-order valence-electron chi connectivity index (χ0n) is 26.8. The molecule has 1 aliphatic rings. The molecule has 0 saturated heterocycles. The van der Waals surface area contributed by atoms with Gasteiger partial charge in [0, 0.05) is 60.5 Å². The van der Waals surface area contributed by atoms with Crippen LogP contribution in [0.1, 0.15) is 74.1 Å². The molecule has 44 heavy (non-hydrogen) atoms. The fraction of sp³-hybridized carbons (Fsp3) is 0.529. The summed E-state index contributed by atoms with van der Waals surface area (Å²) in [7, 11) is 0. The van der Waals surface area contributed by atoms with Gasteiger partial charge in [-0.1, -0.05) is 27.7 Å². The van der Waals surface area contributed by atoms with Gasteiger partial charge in [-0.25, -0.2) is 0 Å². The van der Waals surface area contributed by atoms with Crippen molar-refractivity contribution < 1.29 is 19.2 Å². The maximum Gasteiger partial charge on any atom is 0.251 e. The fourth-order valence-corrected chi connectivity index (χ4v) is 5.46. The van der Waals surface area contributed by atoms with Crippen molar-refractivity contribution in [2.75, 3.05) is 63.0 Å². The third-order valence-electron chi connectivity index (χ3n) is 8.51. The molecule has 4 N–H and O–H groups in total. The highest BCUT2D eigenvalue weighted by Crippen LogP contribution is 2.30. The standard InChI is InChI=1S/C34H50N6O4/c1-5-39(6-2)23-21-35-31(41)25-13-17-29(18-14-25)37-33(43)27-9-11-28(12-10-27)34(44)38-30-19-15-26(16-20-30)32(42)36-22-24-40(7-3)8-4/h13-20,27-28H,5-12,21-24H2,1-4H3,(H,35,41)(H,36,42)(H,37,43)(H,38,44). The molecule has 0 aliphatic heterocycles. The summed E-state index contributed by atoms with van der Waals surface area (Å²) in [6, 6.07) is 13.9. The summed E-state index contributed by atoms with van der Waals surface area (Å²) in [5, 5.41) is 11.8. The Labute approximate surface area is 262 Å². The molecule has 0 spiro atoms. The normalized spacial score (nSPS) is 16.4. The molecular formula is C34H50N6O4. The second kappa shape index (κ2) is 18.1. The van der Waals surface area contributed by atoms with E-state index in [2.05, 4.69) is 58.8 Å². The highest BCUT2D eigenvalue weighted by atomic mass is 16.2. The number of carbonyl (C=O) groups is 4. The molecule has 1 saturated carbocycles.